The maximum absolute atomic E-state index is 12.6. The number of carbonyl (C=O) groups is 1. The van der Waals surface area contributed by atoms with Crippen LogP contribution in [-0.4, -0.2) is 31.9 Å². The number of thioether (sulfide) groups is 1. The molecule has 2 aromatic rings. The van der Waals surface area contributed by atoms with Crippen LogP contribution in [0, 0.1) is 15.5 Å². The molecule has 4 rings (SSSR count). The van der Waals surface area contributed by atoms with Gasteiger partial charge in [-0.3, -0.25) is 20.3 Å². The Balaban J connectivity index is 1.47. The number of nitrogens with zero attached hydrogens (tertiary/aromatic N) is 4. The van der Waals surface area contributed by atoms with Crippen LogP contribution >= 0.6 is 11.8 Å². The van der Waals surface area contributed by atoms with Gasteiger partial charge in [0, 0.05) is 17.7 Å². The lowest BCUT2D eigenvalue weighted by atomic mass is 10.1. The smallest absolute Gasteiger partial charge is 0.283 e. The fraction of sp³-hybridized carbons (Fsp3) is 0.304. The summed E-state index contributed by atoms with van der Waals surface area (Å²) >= 11 is 1.34. The molecule has 0 atom stereocenters. The molecule has 1 aromatic heterocycles. The number of nitro benzene ring substituents is 1. The number of rotatable bonds is 9. The van der Waals surface area contributed by atoms with Crippen LogP contribution in [0.25, 0.3) is 17.4 Å². The highest BCUT2D eigenvalue weighted by atomic mass is 32.2. The second-order valence-corrected chi connectivity index (χ2v) is 8.72. The molecule has 9 nitrogen and oxygen atoms in total. The molecule has 0 unspecified atom stereocenters. The topological polar surface area (TPSA) is 125 Å². The highest BCUT2D eigenvalue weighted by molar-refractivity contribution is 8.26. The normalized spacial score (nSPS) is 16.8. The summed E-state index contributed by atoms with van der Waals surface area (Å²) in [4.78, 5) is 27.0. The monoisotopic (exact) mass is 465 g/mol. The lowest BCUT2D eigenvalue weighted by Gasteiger charge is -2.19. The molecule has 1 amide bonds. The first-order chi connectivity index (χ1) is 16.0. The Bertz CT molecular complexity index is 1180. The van der Waals surface area contributed by atoms with Crippen molar-refractivity contribution in [3.63, 3.8) is 0 Å². The second-order valence-electron chi connectivity index (χ2n) is 7.68. The van der Waals surface area contributed by atoms with Crippen molar-refractivity contribution in [3.05, 3.63) is 57.8 Å². The van der Waals surface area contributed by atoms with Gasteiger partial charge >= 0.3 is 0 Å². The van der Waals surface area contributed by atoms with Crippen LogP contribution in [0.4, 0.5) is 5.69 Å². The highest BCUT2D eigenvalue weighted by Gasteiger charge is 2.35. The Kier molecular flexibility index (Phi) is 6.83. The maximum Gasteiger partial charge on any atom is 0.283 e. The summed E-state index contributed by atoms with van der Waals surface area (Å²) in [5, 5.41) is 26.5. The zero-order chi connectivity index (χ0) is 23.4. The largest absolute Gasteiger partial charge is 0.457 e. The van der Waals surface area contributed by atoms with Crippen molar-refractivity contribution >= 4 is 45.5 Å². The molecular weight excluding hydrogens is 442 g/mol. The van der Waals surface area contributed by atoms with E-state index < -0.39 is 10.8 Å². The molecule has 0 fully saturated rings. The summed E-state index contributed by atoms with van der Waals surface area (Å²) < 4.78 is 5.78. The van der Waals surface area contributed by atoms with E-state index in [-0.39, 0.29) is 17.1 Å². The number of aliphatic imine (C=N–C) groups is 1. The zero-order valence-corrected chi connectivity index (χ0v) is 18.9. The van der Waals surface area contributed by atoms with Crippen molar-refractivity contribution in [2.24, 2.45) is 10.1 Å². The highest BCUT2D eigenvalue weighted by Crippen LogP contribution is 2.31. The van der Waals surface area contributed by atoms with Crippen LogP contribution in [0.1, 0.15) is 51.2 Å². The van der Waals surface area contributed by atoms with Gasteiger partial charge in [0.25, 0.3) is 11.6 Å². The number of non-ortho nitro benzene ring substituents is 1. The van der Waals surface area contributed by atoms with E-state index in [0.29, 0.717) is 22.3 Å². The van der Waals surface area contributed by atoms with Crippen molar-refractivity contribution in [3.8, 4) is 11.3 Å². The quantitative estimate of drug-likeness (QED) is 0.215. The van der Waals surface area contributed by atoms with Gasteiger partial charge < -0.3 is 4.42 Å². The number of hydrogen-bond donors (Lipinski definition) is 1. The van der Waals surface area contributed by atoms with Crippen molar-refractivity contribution in [1.82, 2.24) is 5.01 Å². The molecule has 33 heavy (non-hydrogen) atoms. The minimum atomic E-state index is -0.508. The summed E-state index contributed by atoms with van der Waals surface area (Å²) in [5.74, 6) is 0.330. The minimum Gasteiger partial charge on any atom is -0.457 e. The van der Waals surface area contributed by atoms with Crippen molar-refractivity contribution in [2.45, 2.75) is 45.4 Å². The molecule has 0 spiro atoms. The van der Waals surface area contributed by atoms with Gasteiger partial charge in [-0.05, 0) is 54.9 Å². The van der Waals surface area contributed by atoms with E-state index in [4.69, 9.17) is 9.83 Å². The Labute approximate surface area is 194 Å². The van der Waals surface area contributed by atoms with E-state index in [9.17, 15) is 14.9 Å². The van der Waals surface area contributed by atoms with E-state index in [1.54, 1.807) is 24.3 Å². The van der Waals surface area contributed by atoms with E-state index in [1.165, 1.54) is 54.2 Å². The SMILES string of the molecule is CCCCCCCC1=NN2C(=N)C(=Cc3ccc(-c4ccc([N+](=O)[O-])cc4)o3)C(=O)N=C2S1. The summed E-state index contributed by atoms with van der Waals surface area (Å²) in [5.41, 5.74) is 0.753. The van der Waals surface area contributed by atoms with E-state index in [0.717, 1.165) is 24.3 Å². The van der Waals surface area contributed by atoms with Gasteiger partial charge in [-0.2, -0.15) is 15.1 Å². The standard InChI is InChI=1S/C23H23N5O4S/c1-2-3-4-5-6-7-20-26-27-21(24)18(22(29)25-23(27)33-20)14-17-12-13-19(32-17)15-8-10-16(11-9-15)28(30)31/h8-14,24H,2-7H2,1H3. The Morgan fingerprint density at radius 3 is 2.64 bits per heavy atom. The van der Waals surface area contributed by atoms with Crippen LogP contribution in [-0.2, 0) is 4.79 Å². The first kappa shape index (κ1) is 22.7. The number of furan rings is 1. The zero-order valence-electron chi connectivity index (χ0n) is 18.1. The molecule has 0 radical (unpaired) electrons. The van der Waals surface area contributed by atoms with E-state index >= 15 is 0 Å². The molecule has 170 valence electrons. The van der Waals surface area contributed by atoms with Gasteiger partial charge in [-0.25, -0.2) is 0 Å². The van der Waals surface area contributed by atoms with Gasteiger partial charge in [0.1, 0.15) is 16.6 Å². The van der Waals surface area contributed by atoms with Crippen molar-refractivity contribution in [2.75, 3.05) is 0 Å². The number of fused-ring (bicyclic) bond motifs is 1. The summed E-state index contributed by atoms with van der Waals surface area (Å²) in [6, 6.07) is 9.37. The molecule has 0 aliphatic carbocycles. The number of amidine groups is 2. The van der Waals surface area contributed by atoms with Crippen molar-refractivity contribution in [1.29, 1.82) is 5.41 Å². The Hall–Kier alpha value is -3.53. The molecule has 0 bridgehead atoms. The van der Waals surface area contributed by atoms with Gasteiger partial charge in [0.15, 0.2) is 5.84 Å². The molecule has 1 aromatic carbocycles. The summed E-state index contributed by atoms with van der Waals surface area (Å²) in [6.45, 7) is 2.18. The number of unbranched alkanes of at least 4 members (excludes halogenated alkanes) is 4. The molecule has 0 saturated heterocycles. The van der Waals surface area contributed by atoms with Crippen molar-refractivity contribution < 1.29 is 14.1 Å². The Morgan fingerprint density at radius 2 is 1.91 bits per heavy atom. The summed E-state index contributed by atoms with van der Waals surface area (Å²) in [7, 11) is 0. The van der Waals surface area contributed by atoms with Gasteiger partial charge in [-0.1, -0.05) is 32.6 Å². The van der Waals surface area contributed by atoms with Gasteiger partial charge in [-0.15, -0.1) is 0 Å². The van der Waals surface area contributed by atoms with E-state index in [1.807, 2.05) is 0 Å². The van der Waals surface area contributed by atoms with Crippen LogP contribution in [0.5, 0.6) is 0 Å². The molecule has 2 aliphatic rings. The molecule has 10 heteroatoms. The lowest BCUT2D eigenvalue weighted by molar-refractivity contribution is -0.384. The number of nitrogens with one attached hydrogen (secondary N) is 1. The predicted octanol–water partition coefficient (Wildman–Crippen LogP) is 5.83. The fourth-order valence-electron chi connectivity index (χ4n) is 3.49. The number of hydrazone groups is 1. The van der Waals surface area contributed by atoms with Crippen LogP contribution in [0.2, 0.25) is 0 Å². The maximum atomic E-state index is 12.6. The molecule has 0 saturated carbocycles. The predicted molar refractivity (Wildman–Crippen MR) is 129 cm³/mol. The average Bonchev–Trinajstić information content (AvgIpc) is 3.44. The third-order valence-corrected chi connectivity index (χ3v) is 6.23. The molecule has 2 aliphatic heterocycles. The third kappa shape index (κ3) is 5.11. The second kappa shape index (κ2) is 9.95. The number of hydrogen-bond acceptors (Lipinski definition) is 7. The Morgan fingerprint density at radius 1 is 1.15 bits per heavy atom. The number of amides is 1. The molecular formula is C23H23N5O4S. The van der Waals surface area contributed by atoms with Crippen LogP contribution in [0.15, 0.2) is 56.5 Å². The third-order valence-electron chi connectivity index (χ3n) is 5.27. The molecule has 1 N–H and O–H groups in total. The van der Waals surface area contributed by atoms with Gasteiger partial charge in [0.05, 0.1) is 10.5 Å². The number of nitro groups is 1. The molecule has 3 heterocycles. The van der Waals surface area contributed by atoms with Crippen LogP contribution in [0.3, 0.4) is 0 Å². The number of carbonyl (C=O) groups excluding carboxylic acids is 1. The number of benzene rings is 1. The first-order valence-electron chi connectivity index (χ1n) is 10.8. The lowest BCUT2D eigenvalue weighted by Crippen LogP contribution is -2.35. The van der Waals surface area contributed by atoms with E-state index in [2.05, 4.69) is 17.0 Å². The minimum absolute atomic E-state index is 0.00747. The van der Waals surface area contributed by atoms with Gasteiger partial charge in [0.2, 0.25) is 5.17 Å². The summed E-state index contributed by atoms with van der Waals surface area (Å²) in [6.07, 6.45) is 8.06. The van der Waals surface area contributed by atoms with Crippen LogP contribution < -0.4 is 0 Å². The fourth-order valence-corrected chi connectivity index (χ4v) is 4.41. The first-order valence-corrected chi connectivity index (χ1v) is 11.6. The average molecular weight is 466 g/mol.